The van der Waals surface area contributed by atoms with E-state index in [1.165, 1.54) is 5.56 Å². The molecule has 1 saturated heterocycles. The van der Waals surface area contributed by atoms with E-state index in [1.54, 1.807) is 0 Å². The van der Waals surface area contributed by atoms with E-state index >= 15 is 0 Å². The van der Waals surface area contributed by atoms with Gasteiger partial charge in [0.2, 0.25) is 0 Å². The molecule has 0 aromatic heterocycles. The number of benzene rings is 1. The SMILES string of the molecule is Cc1ccc(Cl)cc1N1CCC(O)(CN)CC1. The number of nitrogens with zero attached hydrogens (tertiary/aromatic N) is 1. The minimum atomic E-state index is -0.678. The zero-order valence-corrected chi connectivity index (χ0v) is 10.9. The molecule has 0 saturated carbocycles. The van der Waals surface area contributed by atoms with Crippen LogP contribution in [0.4, 0.5) is 5.69 Å². The van der Waals surface area contributed by atoms with Crippen molar-refractivity contribution >= 4 is 17.3 Å². The molecular formula is C13H19ClN2O. The van der Waals surface area contributed by atoms with Gasteiger partial charge in [-0.15, -0.1) is 0 Å². The fourth-order valence-corrected chi connectivity index (χ4v) is 2.46. The Bertz CT molecular complexity index is 400. The number of rotatable bonds is 2. The number of anilines is 1. The van der Waals surface area contributed by atoms with Crippen molar-refractivity contribution in [2.24, 2.45) is 5.73 Å². The highest BCUT2D eigenvalue weighted by Gasteiger charge is 2.31. The topological polar surface area (TPSA) is 49.5 Å². The largest absolute Gasteiger partial charge is 0.388 e. The van der Waals surface area contributed by atoms with E-state index in [2.05, 4.69) is 11.8 Å². The maximum atomic E-state index is 10.1. The van der Waals surface area contributed by atoms with E-state index in [9.17, 15) is 5.11 Å². The lowest BCUT2D eigenvalue weighted by atomic mass is 9.91. The summed E-state index contributed by atoms with van der Waals surface area (Å²) in [7, 11) is 0. The van der Waals surface area contributed by atoms with Gasteiger partial charge in [0.1, 0.15) is 0 Å². The lowest BCUT2D eigenvalue weighted by Crippen LogP contribution is -2.48. The van der Waals surface area contributed by atoms with E-state index in [0.717, 1.165) is 36.6 Å². The van der Waals surface area contributed by atoms with E-state index in [1.807, 2.05) is 18.2 Å². The molecule has 0 radical (unpaired) electrons. The zero-order valence-electron chi connectivity index (χ0n) is 10.1. The Morgan fingerprint density at radius 1 is 1.41 bits per heavy atom. The first-order valence-electron chi connectivity index (χ1n) is 5.98. The molecule has 0 spiro atoms. The lowest BCUT2D eigenvalue weighted by Gasteiger charge is -2.39. The summed E-state index contributed by atoms with van der Waals surface area (Å²) in [6, 6.07) is 5.92. The summed E-state index contributed by atoms with van der Waals surface area (Å²) in [5.74, 6) is 0. The quantitative estimate of drug-likeness (QED) is 0.848. The van der Waals surface area contributed by atoms with Gasteiger partial charge in [-0.1, -0.05) is 17.7 Å². The second-order valence-corrected chi connectivity index (χ2v) is 5.28. The predicted octanol–water partition coefficient (Wildman–Crippen LogP) is 1.94. The molecule has 4 heteroatoms. The molecule has 0 aliphatic carbocycles. The summed E-state index contributed by atoms with van der Waals surface area (Å²) in [6.45, 7) is 4.08. The number of nitrogens with two attached hydrogens (primary N) is 1. The van der Waals surface area contributed by atoms with Crippen molar-refractivity contribution in [3.05, 3.63) is 28.8 Å². The average molecular weight is 255 g/mol. The predicted molar refractivity (Wildman–Crippen MR) is 71.6 cm³/mol. The summed E-state index contributed by atoms with van der Waals surface area (Å²) in [5.41, 5.74) is 7.29. The highest BCUT2D eigenvalue weighted by atomic mass is 35.5. The van der Waals surface area contributed by atoms with Crippen molar-refractivity contribution in [2.45, 2.75) is 25.4 Å². The summed E-state index contributed by atoms with van der Waals surface area (Å²) in [6.07, 6.45) is 1.44. The Hall–Kier alpha value is -0.770. The molecule has 1 aromatic carbocycles. The third-order valence-corrected chi connectivity index (χ3v) is 3.82. The van der Waals surface area contributed by atoms with Crippen LogP contribution in [-0.2, 0) is 0 Å². The molecule has 1 aliphatic heterocycles. The molecule has 1 aliphatic rings. The number of aliphatic hydroxyl groups is 1. The zero-order chi connectivity index (χ0) is 12.5. The van der Waals surface area contributed by atoms with Gasteiger partial charge in [-0.25, -0.2) is 0 Å². The first kappa shape index (κ1) is 12.7. The van der Waals surface area contributed by atoms with Gasteiger partial charge >= 0.3 is 0 Å². The minimum Gasteiger partial charge on any atom is -0.388 e. The highest BCUT2D eigenvalue weighted by Crippen LogP contribution is 2.29. The van der Waals surface area contributed by atoms with Crippen molar-refractivity contribution in [2.75, 3.05) is 24.5 Å². The second-order valence-electron chi connectivity index (χ2n) is 4.85. The molecule has 17 heavy (non-hydrogen) atoms. The van der Waals surface area contributed by atoms with E-state index < -0.39 is 5.60 Å². The molecule has 3 nitrogen and oxygen atoms in total. The number of hydrogen-bond donors (Lipinski definition) is 2. The Kier molecular flexibility index (Phi) is 3.61. The van der Waals surface area contributed by atoms with Crippen LogP contribution in [-0.4, -0.2) is 30.3 Å². The van der Waals surface area contributed by atoms with Crippen molar-refractivity contribution in [3.8, 4) is 0 Å². The Labute approximate surface area is 107 Å². The summed E-state index contributed by atoms with van der Waals surface area (Å²) in [5, 5.41) is 10.8. The van der Waals surface area contributed by atoms with Gasteiger partial charge < -0.3 is 15.7 Å². The number of aryl methyl sites for hydroxylation is 1. The molecule has 1 heterocycles. The molecule has 0 unspecified atom stereocenters. The normalized spacial score (nSPS) is 19.4. The standard InChI is InChI=1S/C13H19ClN2O/c1-10-2-3-11(14)8-12(10)16-6-4-13(17,9-15)5-7-16/h2-3,8,17H,4-7,9,15H2,1H3. The van der Waals surface area contributed by atoms with Crippen molar-refractivity contribution in [3.63, 3.8) is 0 Å². The summed E-state index contributed by atoms with van der Waals surface area (Å²) in [4.78, 5) is 2.27. The van der Waals surface area contributed by atoms with Gasteiger partial charge in [0, 0.05) is 30.3 Å². The Morgan fingerprint density at radius 2 is 2.06 bits per heavy atom. The number of piperidine rings is 1. The lowest BCUT2D eigenvalue weighted by molar-refractivity contribution is 0.0250. The molecule has 3 N–H and O–H groups in total. The fraction of sp³-hybridized carbons (Fsp3) is 0.538. The van der Waals surface area contributed by atoms with Crippen LogP contribution in [0.5, 0.6) is 0 Å². The van der Waals surface area contributed by atoms with E-state index in [4.69, 9.17) is 17.3 Å². The first-order chi connectivity index (χ1) is 8.04. The van der Waals surface area contributed by atoms with Crippen molar-refractivity contribution in [1.82, 2.24) is 0 Å². The van der Waals surface area contributed by atoms with Crippen LogP contribution in [0.25, 0.3) is 0 Å². The third kappa shape index (κ3) is 2.73. The van der Waals surface area contributed by atoms with Crippen molar-refractivity contribution < 1.29 is 5.11 Å². The van der Waals surface area contributed by atoms with E-state index in [0.29, 0.717) is 6.54 Å². The number of halogens is 1. The number of hydrogen-bond acceptors (Lipinski definition) is 3. The monoisotopic (exact) mass is 254 g/mol. The van der Waals surface area contributed by atoms with Crippen LogP contribution < -0.4 is 10.6 Å². The van der Waals surface area contributed by atoms with Crippen LogP contribution >= 0.6 is 11.6 Å². The molecule has 1 aromatic rings. The maximum Gasteiger partial charge on any atom is 0.0803 e. The van der Waals surface area contributed by atoms with Crippen molar-refractivity contribution in [1.29, 1.82) is 0 Å². The van der Waals surface area contributed by atoms with Crippen LogP contribution in [0.3, 0.4) is 0 Å². The third-order valence-electron chi connectivity index (χ3n) is 3.59. The molecular weight excluding hydrogens is 236 g/mol. The molecule has 1 fully saturated rings. The van der Waals surface area contributed by atoms with Gasteiger partial charge in [0.15, 0.2) is 0 Å². The van der Waals surface area contributed by atoms with Gasteiger partial charge in [0.25, 0.3) is 0 Å². The smallest absolute Gasteiger partial charge is 0.0803 e. The van der Waals surface area contributed by atoms with Gasteiger partial charge in [0.05, 0.1) is 5.60 Å². The highest BCUT2D eigenvalue weighted by molar-refractivity contribution is 6.30. The molecule has 2 rings (SSSR count). The maximum absolute atomic E-state index is 10.1. The van der Waals surface area contributed by atoms with Gasteiger partial charge in [-0.05, 0) is 37.5 Å². The summed E-state index contributed by atoms with van der Waals surface area (Å²) >= 11 is 6.02. The van der Waals surface area contributed by atoms with Crippen LogP contribution in [0.1, 0.15) is 18.4 Å². The first-order valence-corrected chi connectivity index (χ1v) is 6.35. The van der Waals surface area contributed by atoms with Gasteiger partial charge in [-0.2, -0.15) is 0 Å². The Balaban J connectivity index is 2.13. The fourth-order valence-electron chi connectivity index (χ4n) is 2.29. The second kappa shape index (κ2) is 4.84. The van der Waals surface area contributed by atoms with Crippen LogP contribution in [0.15, 0.2) is 18.2 Å². The Morgan fingerprint density at radius 3 is 2.65 bits per heavy atom. The molecule has 0 atom stereocenters. The van der Waals surface area contributed by atoms with E-state index in [-0.39, 0.29) is 0 Å². The van der Waals surface area contributed by atoms with Crippen LogP contribution in [0, 0.1) is 6.92 Å². The van der Waals surface area contributed by atoms with Crippen LogP contribution in [0.2, 0.25) is 5.02 Å². The molecule has 94 valence electrons. The molecule has 0 amide bonds. The van der Waals surface area contributed by atoms with Gasteiger partial charge in [-0.3, -0.25) is 0 Å². The minimum absolute atomic E-state index is 0.343. The average Bonchev–Trinajstić information content (AvgIpc) is 2.34. The molecule has 0 bridgehead atoms. The summed E-state index contributed by atoms with van der Waals surface area (Å²) < 4.78 is 0.